The number of hydrogen-bond donors (Lipinski definition) is 1. The number of amides is 1. The molecule has 0 fully saturated rings. The Morgan fingerprint density at radius 1 is 1.33 bits per heavy atom. The fraction of sp³-hybridized carbons (Fsp3) is 0.263. The van der Waals surface area contributed by atoms with Gasteiger partial charge in [0.2, 0.25) is 0 Å². The molecule has 124 valence electrons. The summed E-state index contributed by atoms with van der Waals surface area (Å²) in [4.78, 5) is 24.2. The first kappa shape index (κ1) is 16.5. The van der Waals surface area contributed by atoms with Crippen LogP contribution in [0.3, 0.4) is 0 Å². The lowest BCUT2D eigenvalue weighted by atomic mass is 9.91. The van der Waals surface area contributed by atoms with Gasteiger partial charge < -0.3 is 10.1 Å². The molecule has 1 aromatic rings. The average Bonchev–Trinajstić information content (AvgIpc) is 2.61. The molecule has 0 spiro atoms. The van der Waals surface area contributed by atoms with Crippen molar-refractivity contribution in [2.45, 2.75) is 13.3 Å². The van der Waals surface area contributed by atoms with Crippen LogP contribution >= 0.6 is 11.6 Å². The van der Waals surface area contributed by atoms with Crippen molar-refractivity contribution < 1.29 is 14.3 Å². The molecule has 1 unspecified atom stereocenters. The first-order chi connectivity index (χ1) is 11.6. The van der Waals surface area contributed by atoms with Crippen molar-refractivity contribution in [3.63, 3.8) is 0 Å². The van der Waals surface area contributed by atoms with Crippen molar-refractivity contribution in [2.24, 2.45) is 5.92 Å². The molecule has 24 heavy (non-hydrogen) atoms. The predicted octanol–water partition coefficient (Wildman–Crippen LogP) is 2.93. The maximum atomic E-state index is 12.5. The van der Waals surface area contributed by atoms with E-state index >= 15 is 0 Å². The summed E-state index contributed by atoms with van der Waals surface area (Å²) < 4.78 is 6.02. The number of nitrogens with one attached hydrogen (secondary N) is 1. The maximum Gasteiger partial charge on any atom is 0.251 e. The molecule has 0 aromatic heterocycles. The number of hydrogen-bond acceptors (Lipinski definition) is 3. The number of alkyl halides is 1. The minimum Gasteiger partial charge on any atom is -0.456 e. The molecule has 2 aliphatic rings. The van der Waals surface area contributed by atoms with Gasteiger partial charge in [-0.2, -0.15) is 0 Å². The van der Waals surface area contributed by atoms with Gasteiger partial charge in [-0.1, -0.05) is 31.2 Å². The van der Waals surface area contributed by atoms with Crippen LogP contribution in [0.2, 0.25) is 0 Å². The van der Waals surface area contributed by atoms with E-state index in [1.165, 1.54) is 6.08 Å². The molecule has 0 bridgehead atoms. The van der Waals surface area contributed by atoms with Crippen LogP contribution in [0.4, 0.5) is 0 Å². The van der Waals surface area contributed by atoms with Crippen LogP contribution in [0.1, 0.15) is 12.5 Å². The zero-order chi connectivity index (χ0) is 17.1. The van der Waals surface area contributed by atoms with Gasteiger partial charge in [-0.05, 0) is 23.8 Å². The van der Waals surface area contributed by atoms with Crippen LogP contribution in [-0.2, 0) is 16.0 Å². The Kier molecular flexibility index (Phi) is 4.86. The number of rotatable bonds is 4. The van der Waals surface area contributed by atoms with E-state index in [9.17, 15) is 9.59 Å². The number of carbonyl (C=O) groups excluding carboxylic acids is 2. The third-order valence-corrected chi connectivity index (χ3v) is 4.24. The Hall–Kier alpha value is -2.33. The average molecular weight is 344 g/mol. The van der Waals surface area contributed by atoms with E-state index in [0.717, 1.165) is 16.9 Å². The van der Waals surface area contributed by atoms with Crippen LogP contribution in [-0.4, -0.2) is 24.1 Å². The normalized spacial score (nSPS) is 19.5. The van der Waals surface area contributed by atoms with Crippen LogP contribution in [0.15, 0.2) is 59.4 Å². The lowest BCUT2D eigenvalue weighted by Crippen LogP contribution is -2.31. The van der Waals surface area contributed by atoms with Crippen molar-refractivity contribution in [2.75, 3.05) is 12.4 Å². The largest absolute Gasteiger partial charge is 0.456 e. The molecule has 3 rings (SSSR count). The van der Waals surface area contributed by atoms with Gasteiger partial charge in [0.05, 0.1) is 5.57 Å². The number of carbonyl (C=O) groups is 2. The van der Waals surface area contributed by atoms with Gasteiger partial charge in [-0.3, -0.25) is 9.59 Å². The first-order valence-corrected chi connectivity index (χ1v) is 8.41. The van der Waals surface area contributed by atoms with Gasteiger partial charge in [0.15, 0.2) is 5.78 Å². The summed E-state index contributed by atoms with van der Waals surface area (Å²) in [6, 6.07) is 7.64. The maximum absolute atomic E-state index is 12.5. The number of para-hydroxylation sites is 1. The topological polar surface area (TPSA) is 55.4 Å². The van der Waals surface area contributed by atoms with E-state index in [1.54, 1.807) is 6.08 Å². The highest BCUT2D eigenvalue weighted by Gasteiger charge is 2.27. The lowest BCUT2D eigenvalue weighted by molar-refractivity contribution is -0.118. The standard InChI is InChI=1S/C19H18ClNO3/c1-12-10-14(6-7-16(12)22)18-15(19(23)21-9-8-20)11-13-4-2-3-5-17(13)24-18/h2-7,10,12H,8-9,11H2,1H3,(H,21,23). The summed E-state index contributed by atoms with van der Waals surface area (Å²) in [6.45, 7) is 2.22. The molecular weight excluding hydrogens is 326 g/mol. The van der Waals surface area contributed by atoms with Crippen LogP contribution in [0, 0.1) is 5.92 Å². The first-order valence-electron chi connectivity index (χ1n) is 7.87. The number of benzene rings is 1. The quantitative estimate of drug-likeness (QED) is 0.855. The summed E-state index contributed by atoms with van der Waals surface area (Å²) in [7, 11) is 0. The number of halogens is 1. The second kappa shape index (κ2) is 7.05. The Bertz CT molecular complexity index is 777. The molecular formula is C19H18ClNO3. The van der Waals surface area contributed by atoms with Gasteiger partial charge >= 0.3 is 0 Å². The summed E-state index contributed by atoms with van der Waals surface area (Å²) in [6.07, 6.45) is 5.55. The minimum atomic E-state index is -0.231. The highest BCUT2D eigenvalue weighted by Crippen LogP contribution is 2.34. The number of ketones is 1. The van der Waals surface area contributed by atoms with Crippen LogP contribution in [0.5, 0.6) is 5.75 Å². The third-order valence-electron chi connectivity index (χ3n) is 4.05. The molecule has 1 heterocycles. The molecule has 0 saturated heterocycles. The molecule has 4 nitrogen and oxygen atoms in total. The smallest absolute Gasteiger partial charge is 0.251 e. The van der Waals surface area contributed by atoms with Gasteiger partial charge in [-0.15, -0.1) is 11.6 Å². The summed E-state index contributed by atoms with van der Waals surface area (Å²) in [5.74, 6) is 1.21. The second-order valence-electron chi connectivity index (χ2n) is 5.79. The van der Waals surface area contributed by atoms with Gasteiger partial charge in [0.25, 0.3) is 5.91 Å². The zero-order valence-corrected chi connectivity index (χ0v) is 14.1. The molecule has 1 aliphatic carbocycles. The Balaban J connectivity index is 2.01. The fourth-order valence-corrected chi connectivity index (χ4v) is 2.85. The monoisotopic (exact) mass is 343 g/mol. The van der Waals surface area contributed by atoms with E-state index in [4.69, 9.17) is 16.3 Å². The lowest BCUT2D eigenvalue weighted by Gasteiger charge is -2.25. The highest BCUT2D eigenvalue weighted by molar-refractivity contribution is 6.18. The summed E-state index contributed by atoms with van der Waals surface area (Å²) in [5.41, 5.74) is 2.27. The Morgan fingerprint density at radius 2 is 2.12 bits per heavy atom. The van der Waals surface area contributed by atoms with Crippen molar-refractivity contribution in [1.82, 2.24) is 5.32 Å². The van der Waals surface area contributed by atoms with E-state index in [2.05, 4.69) is 5.32 Å². The van der Waals surface area contributed by atoms with Crippen LogP contribution in [0.25, 0.3) is 0 Å². The molecule has 0 radical (unpaired) electrons. The van der Waals surface area contributed by atoms with E-state index < -0.39 is 0 Å². The summed E-state index contributed by atoms with van der Waals surface area (Å²) >= 11 is 5.66. The molecule has 5 heteroatoms. The molecule has 1 atom stereocenters. The number of fused-ring (bicyclic) bond motifs is 1. The van der Waals surface area contributed by atoms with E-state index in [0.29, 0.717) is 30.2 Å². The van der Waals surface area contributed by atoms with Crippen molar-refractivity contribution in [3.05, 3.63) is 65.0 Å². The van der Waals surface area contributed by atoms with Crippen LogP contribution < -0.4 is 10.1 Å². The van der Waals surface area contributed by atoms with Gasteiger partial charge in [-0.25, -0.2) is 0 Å². The van der Waals surface area contributed by atoms with Gasteiger partial charge in [0.1, 0.15) is 11.5 Å². The Labute approximate surface area is 145 Å². The second-order valence-corrected chi connectivity index (χ2v) is 6.16. The Morgan fingerprint density at radius 3 is 2.88 bits per heavy atom. The molecule has 1 aromatic carbocycles. The van der Waals surface area contributed by atoms with Gasteiger partial charge in [0, 0.05) is 30.3 Å². The van der Waals surface area contributed by atoms with Crippen molar-refractivity contribution in [1.29, 1.82) is 0 Å². The molecule has 1 aliphatic heterocycles. The van der Waals surface area contributed by atoms with Crippen molar-refractivity contribution in [3.8, 4) is 5.75 Å². The number of ether oxygens (including phenoxy) is 1. The molecule has 0 saturated carbocycles. The zero-order valence-electron chi connectivity index (χ0n) is 13.3. The van der Waals surface area contributed by atoms with Crippen molar-refractivity contribution >= 4 is 23.3 Å². The molecule has 1 amide bonds. The number of allylic oxidation sites excluding steroid dienone is 3. The third kappa shape index (κ3) is 3.29. The van der Waals surface area contributed by atoms with E-state index in [1.807, 2.05) is 37.3 Å². The summed E-state index contributed by atoms with van der Waals surface area (Å²) in [5, 5.41) is 2.79. The van der Waals surface area contributed by atoms with E-state index in [-0.39, 0.29) is 17.6 Å². The molecule has 1 N–H and O–H groups in total. The fourth-order valence-electron chi connectivity index (χ4n) is 2.76. The highest BCUT2D eigenvalue weighted by atomic mass is 35.5. The minimum absolute atomic E-state index is 0.0451. The predicted molar refractivity (Wildman–Crippen MR) is 92.9 cm³/mol. The SMILES string of the molecule is CC1C=C(C2=C(C(=O)NCCCl)Cc3ccccc3O2)C=CC1=O.